The van der Waals surface area contributed by atoms with Gasteiger partial charge in [0.2, 0.25) is 5.91 Å². The molecule has 1 amide bonds. The smallest absolute Gasteiger partial charge is 0.239 e. The number of nitrogens with zero attached hydrogens (tertiary/aromatic N) is 2. The summed E-state index contributed by atoms with van der Waals surface area (Å²) in [5.74, 6) is -0.595. The van der Waals surface area contributed by atoms with Gasteiger partial charge in [-0.2, -0.15) is 5.26 Å². The van der Waals surface area contributed by atoms with Crippen molar-refractivity contribution in [2.45, 2.75) is 33.7 Å². The fourth-order valence-corrected chi connectivity index (χ4v) is 1.08. The van der Waals surface area contributed by atoms with Gasteiger partial charge in [0.25, 0.3) is 0 Å². The molecule has 0 aliphatic rings. The molecule has 0 N–H and O–H groups in total. The zero-order chi connectivity index (χ0) is 9.72. The van der Waals surface area contributed by atoms with Crippen molar-refractivity contribution in [2.24, 2.45) is 5.92 Å². The number of rotatable bonds is 3. The second-order valence-corrected chi connectivity index (χ2v) is 3.07. The first-order valence-corrected chi connectivity index (χ1v) is 4.24. The summed E-state index contributed by atoms with van der Waals surface area (Å²) in [5.41, 5.74) is 0. The zero-order valence-electron chi connectivity index (χ0n) is 8.16. The van der Waals surface area contributed by atoms with Crippen LogP contribution in [0.25, 0.3) is 0 Å². The van der Waals surface area contributed by atoms with E-state index < -0.39 is 5.92 Å². The number of nitriles is 1. The highest BCUT2D eigenvalue weighted by molar-refractivity contribution is 5.81. The van der Waals surface area contributed by atoms with Crippen LogP contribution in [0.1, 0.15) is 27.7 Å². The predicted octanol–water partition coefficient (Wildman–Crippen LogP) is 1.40. The third kappa shape index (κ3) is 2.54. The highest BCUT2D eigenvalue weighted by Crippen LogP contribution is 2.05. The summed E-state index contributed by atoms with van der Waals surface area (Å²) in [7, 11) is 0. The summed E-state index contributed by atoms with van der Waals surface area (Å²) >= 11 is 0. The molecule has 0 radical (unpaired) electrons. The van der Waals surface area contributed by atoms with Gasteiger partial charge in [-0.05, 0) is 27.7 Å². The molecule has 0 heterocycles. The van der Waals surface area contributed by atoms with E-state index in [2.05, 4.69) is 0 Å². The van der Waals surface area contributed by atoms with Gasteiger partial charge < -0.3 is 4.90 Å². The Morgan fingerprint density at radius 3 is 2.25 bits per heavy atom. The lowest BCUT2D eigenvalue weighted by molar-refractivity contribution is -0.134. The van der Waals surface area contributed by atoms with Crippen molar-refractivity contribution in [1.82, 2.24) is 4.90 Å². The van der Waals surface area contributed by atoms with Gasteiger partial charge in [0, 0.05) is 12.6 Å². The molecule has 3 nitrogen and oxygen atoms in total. The Morgan fingerprint density at radius 1 is 1.50 bits per heavy atom. The van der Waals surface area contributed by atoms with Gasteiger partial charge in [-0.1, -0.05) is 0 Å². The maximum atomic E-state index is 11.5. The van der Waals surface area contributed by atoms with Gasteiger partial charge in [-0.15, -0.1) is 0 Å². The molecule has 0 aliphatic carbocycles. The first kappa shape index (κ1) is 11.0. The second-order valence-electron chi connectivity index (χ2n) is 3.07. The van der Waals surface area contributed by atoms with Crippen molar-refractivity contribution >= 4 is 5.91 Å². The molecule has 68 valence electrons. The van der Waals surface area contributed by atoms with Gasteiger partial charge in [-0.25, -0.2) is 0 Å². The maximum Gasteiger partial charge on any atom is 0.239 e. The lowest BCUT2D eigenvalue weighted by atomic mass is 10.1. The van der Waals surface area contributed by atoms with E-state index in [1.807, 2.05) is 26.8 Å². The average molecular weight is 168 g/mol. The third-order valence-electron chi connectivity index (χ3n) is 1.81. The molecule has 0 aromatic heterocycles. The quantitative estimate of drug-likeness (QED) is 0.639. The summed E-state index contributed by atoms with van der Waals surface area (Å²) in [6, 6.07) is 2.12. The normalized spacial score (nSPS) is 12.3. The molecule has 1 atom stereocenters. The monoisotopic (exact) mass is 168 g/mol. The van der Waals surface area contributed by atoms with Crippen molar-refractivity contribution in [2.75, 3.05) is 6.54 Å². The van der Waals surface area contributed by atoms with Crippen LogP contribution in [0.4, 0.5) is 0 Å². The van der Waals surface area contributed by atoms with Gasteiger partial charge in [0.05, 0.1) is 6.07 Å². The Morgan fingerprint density at radius 2 is 2.00 bits per heavy atom. The fourth-order valence-electron chi connectivity index (χ4n) is 1.08. The van der Waals surface area contributed by atoms with Crippen LogP contribution in [-0.4, -0.2) is 23.4 Å². The van der Waals surface area contributed by atoms with Crippen molar-refractivity contribution in [3.8, 4) is 6.07 Å². The molecular weight excluding hydrogens is 152 g/mol. The average Bonchev–Trinajstić information content (AvgIpc) is 2.03. The van der Waals surface area contributed by atoms with Crippen molar-refractivity contribution in [3.05, 3.63) is 0 Å². The summed E-state index contributed by atoms with van der Waals surface area (Å²) in [4.78, 5) is 13.2. The minimum atomic E-state index is -0.521. The van der Waals surface area contributed by atoms with Crippen molar-refractivity contribution < 1.29 is 4.79 Å². The van der Waals surface area contributed by atoms with Gasteiger partial charge in [0.15, 0.2) is 0 Å². The van der Waals surface area contributed by atoms with Crippen LogP contribution in [0.2, 0.25) is 0 Å². The van der Waals surface area contributed by atoms with E-state index in [4.69, 9.17) is 5.26 Å². The second kappa shape index (κ2) is 4.76. The minimum absolute atomic E-state index is 0.0741. The summed E-state index contributed by atoms with van der Waals surface area (Å²) in [5, 5.41) is 8.53. The highest BCUT2D eigenvalue weighted by Gasteiger charge is 2.20. The Bertz CT molecular complexity index is 193. The molecule has 0 spiro atoms. The number of carbonyl (C=O) groups excluding carboxylic acids is 1. The van der Waals surface area contributed by atoms with E-state index in [1.54, 1.807) is 11.8 Å². The van der Waals surface area contributed by atoms with Crippen LogP contribution >= 0.6 is 0 Å². The third-order valence-corrected chi connectivity index (χ3v) is 1.81. The molecule has 0 bridgehead atoms. The van der Waals surface area contributed by atoms with E-state index >= 15 is 0 Å². The Hall–Kier alpha value is -1.04. The molecule has 0 saturated carbocycles. The molecule has 0 aromatic carbocycles. The van der Waals surface area contributed by atoms with Crippen LogP contribution in [0.15, 0.2) is 0 Å². The minimum Gasteiger partial charge on any atom is -0.339 e. The molecule has 0 aromatic rings. The maximum absolute atomic E-state index is 11.5. The number of hydrogen-bond acceptors (Lipinski definition) is 2. The topological polar surface area (TPSA) is 44.1 Å². The van der Waals surface area contributed by atoms with E-state index in [0.29, 0.717) is 6.54 Å². The number of amides is 1. The van der Waals surface area contributed by atoms with Crippen molar-refractivity contribution in [1.29, 1.82) is 5.26 Å². The largest absolute Gasteiger partial charge is 0.339 e. The molecule has 12 heavy (non-hydrogen) atoms. The summed E-state index contributed by atoms with van der Waals surface area (Å²) in [6.45, 7) is 8.12. The molecule has 0 saturated heterocycles. The summed E-state index contributed by atoms with van der Waals surface area (Å²) < 4.78 is 0. The standard InChI is InChI=1S/C9H16N2O/c1-5-11(7(2)3)9(12)8(4)6-10/h7-8H,5H2,1-4H3. The van der Waals surface area contributed by atoms with E-state index in [-0.39, 0.29) is 11.9 Å². The molecular formula is C9H16N2O. The first-order chi connectivity index (χ1) is 5.54. The fraction of sp³-hybridized carbons (Fsp3) is 0.778. The lowest BCUT2D eigenvalue weighted by Crippen LogP contribution is -2.39. The molecule has 0 aliphatic heterocycles. The first-order valence-electron chi connectivity index (χ1n) is 4.24. The van der Waals surface area contributed by atoms with Crippen LogP contribution < -0.4 is 0 Å². The van der Waals surface area contributed by atoms with Gasteiger partial charge in [0.1, 0.15) is 5.92 Å². The van der Waals surface area contributed by atoms with Crippen LogP contribution in [-0.2, 0) is 4.79 Å². The van der Waals surface area contributed by atoms with Gasteiger partial charge >= 0.3 is 0 Å². The Balaban J connectivity index is 4.34. The zero-order valence-corrected chi connectivity index (χ0v) is 8.16. The van der Waals surface area contributed by atoms with E-state index in [1.165, 1.54) is 0 Å². The Labute approximate surface area is 74.0 Å². The summed E-state index contributed by atoms with van der Waals surface area (Å²) in [6.07, 6.45) is 0. The number of hydrogen-bond donors (Lipinski definition) is 0. The molecule has 0 fully saturated rings. The van der Waals surface area contributed by atoms with E-state index in [9.17, 15) is 4.79 Å². The molecule has 3 heteroatoms. The molecule has 0 rings (SSSR count). The highest BCUT2D eigenvalue weighted by atomic mass is 16.2. The van der Waals surface area contributed by atoms with Gasteiger partial charge in [-0.3, -0.25) is 4.79 Å². The van der Waals surface area contributed by atoms with Crippen LogP contribution in [0, 0.1) is 17.2 Å². The van der Waals surface area contributed by atoms with Crippen molar-refractivity contribution in [3.63, 3.8) is 0 Å². The van der Waals surface area contributed by atoms with E-state index in [0.717, 1.165) is 0 Å². The van der Waals surface area contributed by atoms with Crippen LogP contribution in [0.5, 0.6) is 0 Å². The SMILES string of the molecule is CCN(C(=O)C(C)C#N)C(C)C. The number of carbonyl (C=O) groups is 1. The predicted molar refractivity (Wildman–Crippen MR) is 47.3 cm³/mol. The Kier molecular flexibility index (Phi) is 4.35. The lowest BCUT2D eigenvalue weighted by Gasteiger charge is -2.25. The van der Waals surface area contributed by atoms with Crippen LogP contribution in [0.3, 0.4) is 0 Å². The molecule has 1 unspecified atom stereocenters.